The van der Waals surface area contributed by atoms with Crippen LogP contribution in [0.4, 0.5) is 0 Å². The molecule has 0 aliphatic carbocycles. The van der Waals surface area contributed by atoms with Gasteiger partial charge < -0.3 is 4.57 Å². The van der Waals surface area contributed by atoms with Gasteiger partial charge in [0.1, 0.15) is 0 Å². The Kier molecular flexibility index (Phi) is 5.45. The Morgan fingerprint density at radius 2 is 1.11 bits per heavy atom. The molecule has 0 aliphatic heterocycles. The number of rotatable bonds is 3. The Morgan fingerprint density at radius 1 is 0.478 bits per heavy atom. The quantitative estimate of drug-likeness (QED) is 0.201. The number of benzene rings is 7. The van der Waals surface area contributed by atoms with E-state index in [4.69, 9.17) is 9.97 Å². The van der Waals surface area contributed by atoms with Crippen molar-refractivity contribution in [3.05, 3.63) is 152 Å². The van der Waals surface area contributed by atoms with Crippen molar-refractivity contribution in [2.75, 3.05) is 0 Å². The van der Waals surface area contributed by atoms with E-state index in [0.29, 0.717) is 0 Å². The van der Waals surface area contributed by atoms with Crippen molar-refractivity contribution < 1.29 is 0 Å². The van der Waals surface area contributed by atoms with Crippen LogP contribution in [0.25, 0.3) is 92.0 Å². The number of nitrogens with zero attached hydrogens (tertiary/aromatic N) is 3. The molecule has 0 bridgehead atoms. The van der Waals surface area contributed by atoms with Crippen LogP contribution in [0, 0.1) is 0 Å². The summed E-state index contributed by atoms with van der Waals surface area (Å²) in [7, 11) is 0. The standard InChI is InChI=1S/C42H25N3S/c1-3-13-26(14-4-1)39-33-25-28(23-24-34(33)43-42(44-39)27-15-5-2-6-16-27)45-35-21-11-9-19-31(35)37-29-17-7-8-18-30(29)38-32-20-10-12-22-36(32)46-41(38)40(37)45/h1-25H. The fourth-order valence-electron chi connectivity index (χ4n) is 7.18. The van der Waals surface area contributed by atoms with Crippen LogP contribution in [-0.4, -0.2) is 14.5 Å². The van der Waals surface area contributed by atoms with E-state index in [1.165, 1.54) is 52.8 Å². The van der Waals surface area contributed by atoms with Crippen molar-refractivity contribution in [1.29, 1.82) is 0 Å². The Labute approximate surface area is 268 Å². The first-order chi connectivity index (χ1) is 22.8. The largest absolute Gasteiger partial charge is 0.308 e. The number of hydrogen-bond acceptors (Lipinski definition) is 3. The fourth-order valence-corrected chi connectivity index (χ4v) is 8.44. The van der Waals surface area contributed by atoms with E-state index in [0.717, 1.165) is 39.2 Å². The van der Waals surface area contributed by atoms with Crippen LogP contribution in [0.3, 0.4) is 0 Å². The van der Waals surface area contributed by atoms with Crippen LogP contribution < -0.4 is 0 Å². The number of thiophene rings is 1. The molecule has 0 amide bonds. The first-order valence-corrected chi connectivity index (χ1v) is 16.3. The Bertz CT molecular complexity index is 2790. The lowest BCUT2D eigenvalue weighted by Gasteiger charge is -2.14. The highest BCUT2D eigenvalue weighted by molar-refractivity contribution is 7.27. The fraction of sp³-hybridized carbons (Fsp3) is 0. The molecule has 4 heteroatoms. The van der Waals surface area contributed by atoms with Crippen LogP contribution in [0.5, 0.6) is 0 Å². The third-order valence-electron chi connectivity index (χ3n) is 9.17. The molecule has 3 aromatic heterocycles. The van der Waals surface area contributed by atoms with Gasteiger partial charge >= 0.3 is 0 Å². The van der Waals surface area contributed by atoms with Gasteiger partial charge in [0.2, 0.25) is 0 Å². The van der Waals surface area contributed by atoms with Crippen molar-refractivity contribution in [2.45, 2.75) is 0 Å². The summed E-state index contributed by atoms with van der Waals surface area (Å²) in [5.74, 6) is 0.732. The van der Waals surface area contributed by atoms with Crippen LogP contribution in [-0.2, 0) is 0 Å². The number of hydrogen-bond donors (Lipinski definition) is 0. The predicted octanol–water partition coefficient (Wildman–Crippen LogP) is 11.6. The second-order valence-electron chi connectivity index (χ2n) is 11.8. The average Bonchev–Trinajstić information content (AvgIpc) is 3.69. The monoisotopic (exact) mass is 603 g/mol. The Morgan fingerprint density at radius 3 is 1.89 bits per heavy atom. The Hall–Kier alpha value is -5.84. The van der Waals surface area contributed by atoms with Gasteiger partial charge in [-0.25, -0.2) is 9.97 Å². The van der Waals surface area contributed by atoms with E-state index in [9.17, 15) is 0 Å². The first kappa shape index (κ1) is 25.5. The van der Waals surface area contributed by atoms with E-state index in [1.807, 2.05) is 29.5 Å². The second-order valence-corrected chi connectivity index (χ2v) is 12.8. The summed E-state index contributed by atoms with van der Waals surface area (Å²) in [5.41, 5.74) is 7.48. The molecule has 0 N–H and O–H groups in total. The van der Waals surface area contributed by atoms with E-state index >= 15 is 0 Å². The minimum absolute atomic E-state index is 0.732. The van der Waals surface area contributed by atoms with Gasteiger partial charge in [-0.1, -0.05) is 121 Å². The Balaban J connectivity index is 1.36. The molecule has 0 saturated carbocycles. The molecule has 3 nitrogen and oxygen atoms in total. The SMILES string of the molecule is c1ccc(-c2nc(-c3ccccc3)c3cc(-n4c5ccccc5c5c6ccccc6c6c7ccccc7sc6c54)ccc3n2)cc1. The van der Waals surface area contributed by atoms with Crippen molar-refractivity contribution in [2.24, 2.45) is 0 Å². The summed E-state index contributed by atoms with van der Waals surface area (Å²) >= 11 is 1.89. The lowest BCUT2D eigenvalue weighted by atomic mass is 9.99. The topological polar surface area (TPSA) is 30.7 Å². The van der Waals surface area contributed by atoms with E-state index in [1.54, 1.807) is 0 Å². The molecule has 46 heavy (non-hydrogen) atoms. The average molecular weight is 604 g/mol. The number of para-hydroxylation sites is 1. The summed E-state index contributed by atoms with van der Waals surface area (Å²) in [6.45, 7) is 0. The summed E-state index contributed by atoms with van der Waals surface area (Å²) in [4.78, 5) is 10.3. The third-order valence-corrected chi connectivity index (χ3v) is 10.3. The number of aromatic nitrogens is 3. The van der Waals surface area contributed by atoms with Crippen LogP contribution >= 0.6 is 11.3 Å². The van der Waals surface area contributed by atoms with Gasteiger partial charge in [0, 0.05) is 48.4 Å². The van der Waals surface area contributed by atoms with E-state index in [2.05, 4.69) is 138 Å². The van der Waals surface area contributed by atoms with E-state index < -0.39 is 0 Å². The zero-order chi connectivity index (χ0) is 30.2. The van der Waals surface area contributed by atoms with Gasteiger partial charge in [-0.2, -0.15) is 0 Å². The second kappa shape index (κ2) is 9.83. The third kappa shape index (κ3) is 3.65. The molecule has 214 valence electrons. The van der Waals surface area contributed by atoms with Crippen molar-refractivity contribution in [3.8, 4) is 28.3 Å². The maximum atomic E-state index is 5.19. The number of fused-ring (bicyclic) bond motifs is 11. The lowest BCUT2D eigenvalue weighted by Crippen LogP contribution is -1.98. The van der Waals surface area contributed by atoms with Gasteiger partial charge in [-0.3, -0.25) is 0 Å². The highest BCUT2D eigenvalue weighted by atomic mass is 32.1. The molecular formula is C42H25N3S. The maximum Gasteiger partial charge on any atom is 0.160 e. The summed E-state index contributed by atoms with van der Waals surface area (Å²) in [5, 5.41) is 8.81. The molecule has 10 rings (SSSR count). The molecule has 0 aliphatic rings. The molecule has 0 saturated heterocycles. The summed E-state index contributed by atoms with van der Waals surface area (Å²) in [6.07, 6.45) is 0. The molecule has 0 atom stereocenters. The minimum Gasteiger partial charge on any atom is -0.308 e. The first-order valence-electron chi connectivity index (χ1n) is 15.5. The van der Waals surface area contributed by atoms with Crippen molar-refractivity contribution in [1.82, 2.24) is 14.5 Å². The van der Waals surface area contributed by atoms with Gasteiger partial charge in [0.15, 0.2) is 5.82 Å². The normalized spacial score (nSPS) is 11.9. The van der Waals surface area contributed by atoms with Gasteiger partial charge in [0.25, 0.3) is 0 Å². The summed E-state index contributed by atoms with van der Waals surface area (Å²) < 4.78 is 5.08. The molecule has 7 aromatic carbocycles. The molecule has 3 heterocycles. The molecule has 0 radical (unpaired) electrons. The molecule has 0 unspecified atom stereocenters. The summed E-state index contributed by atoms with van der Waals surface area (Å²) in [6, 6.07) is 53.9. The van der Waals surface area contributed by atoms with E-state index in [-0.39, 0.29) is 0 Å². The van der Waals surface area contributed by atoms with Gasteiger partial charge in [0.05, 0.1) is 26.9 Å². The van der Waals surface area contributed by atoms with Crippen molar-refractivity contribution in [3.63, 3.8) is 0 Å². The zero-order valence-electron chi connectivity index (χ0n) is 24.7. The minimum atomic E-state index is 0.732. The maximum absolute atomic E-state index is 5.19. The molecule has 10 aromatic rings. The van der Waals surface area contributed by atoms with Crippen LogP contribution in [0.1, 0.15) is 0 Å². The van der Waals surface area contributed by atoms with Crippen molar-refractivity contribution >= 4 is 75.0 Å². The molecular weight excluding hydrogens is 579 g/mol. The highest BCUT2D eigenvalue weighted by Gasteiger charge is 2.22. The predicted molar refractivity (Wildman–Crippen MR) is 195 cm³/mol. The van der Waals surface area contributed by atoms with Gasteiger partial charge in [-0.15, -0.1) is 11.3 Å². The molecule has 0 spiro atoms. The lowest BCUT2D eigenvalue weighted by molar-refractivity contribution is 1.18. The molecule has 0 fully saturated rings. The highest BCUT2D eigenvalue weighted by Crippen LogP contribution is 2.48. The van der Waals surface area contributed by atoms with Crippen LogP contribution in [0.15, 0.2) is 152 Å². The smallest absolute Gasteiger partial charge is 0.160 e. The van der Waals surface area contributed by atoms with Gasteiger partial charge in [-0.05, 0) is 41.1 Å². The zero-order valence-corrected chi connectivity index (χ0v) is 25.5. The van der Waals surface area contributed by atoms with Crippen LogP contribution in [0.2, 0.25) is 0 Å².